The molecule has 3 atom stereocenters. The summed E-state index contributed by atoms with van der Waals surface area (Å²) < 4.78 is 40.5. The van der Waals surface area contributed by atoms with E-state index in [0.717, 1.165) is 0 Å². The number of para-hydroxylation sites is 1. The third-order valence-electron chi connectivity index (χ3n) is 3.00. The molecule has 1 aliphatic carbocycles. The second-order valence-electron chi connectivity index (χ2n) is 4.33. The van der Waals surface area contributed by atoms with E-state index in [4.69, 9.17) is 0 Å². The normalized spacial score (nSPS) is 25.5. The predicted octanol–water partition coefficient (Wildman–Crippen LogP) is 3.07. The number of halogens is 3. The van der Waals surface area contributed by atoms with E-state index >= 15 is 0 Å². The summed E-state index contributed by atoms with van der Waals surface area (Å²) in [5.41, 5.74) is 0.524. The molecule has 0 radical (unpaired) electrons. The number of rotatable bonds is 3. The Balaban J connectivity index is 2.18. The van der Waals surface area contributed by atoms with E-state index in [0.29, 0.717) is 12.0 Å². The van der Waals surface area contributed by atoms with E-state index in [-0.39, 0.29) is 17.6 Å². The first-order valence-electron chi connectivity index (χ1n) is 5.41. The molecule has 94 valence electrons. The SMILES string of the molecule is C[C@H](O)[C@H]1C[C@H]1c1ccccc1OC(F)(F)F. The number of ether oxygens (including phenoxy) is 1. The van der Waals surface area contributed by atoms with E-state index in [1.54, 1.807) is 19.1 Å². The van der Waals surface area contributed by atoms with Gasteiger partial charge in [-0.15, -0.1) is 13.2 Å². The molecule has 0 saturated heterocycles. The lowest BCUT2D eigenvalue weighted by molar-refractivity contribution is -0.274. The van der Waals surface area contributed by atoms with E-state index in [1.165, 1.54) is 12.1 Å². The minimum Gasteiger partial charge on any atom is -0.405 e. The number of aliphatic hydroxyl groups excluding tert-OH is 1. The van der Waals surface area contributed by atoms with Crippen LogP contribution in [0.5, 0.6) is 5.75 Å². The lowest BCUT2D eigenvalue weighted by Crippen LogP contribution is -2.18. The summed E-state index contributed by atoms with van der Waals surface area (Å²) in [6, 6.07) is 6.11. The first-order valence-corrected chi connectivity index (χ1v) is 5.41. The van der Waals surface area contributed by atoms with Crippen LogP contribution in [0.15, 0.2) is 24.3 Å². The van der Waals surface area contributed by atoms with Crippen LogP contribution in [0.2, 0.25) is 0 Å². The van der Waals surface area contributed by atoms with Crippen LogP contribution < -0.4 is 4.74 Å². The smallest absolute Gasteiger partial charge is 0.405 e. The molecule has 17 heavy (non-hydrogen) atoms. The third kappa shape index (κ3) is 2.91. The Bertz CT molecular complexity index is 401. The summed E-state index contributed by atoms with van der Waals surface area (Å²) in [5, 5.41) is 9.38. The number of hydrogen-bond acceptors (Lipinski definition) is 2. The van der Waals surface area contributed by atoms with E-state index in [9.17, 15) is 18.3 Å². The van der Waals surface area contributed by atoms with Crippen molar-refractivity contribution < 1.29 is 23.0 Å². The molecule has 0 unspecified atom stereocenters. The molecule has 0 heterocycles. The zero-order valence-corrected chi connectivity index (χ0v) is 9.24. The highest BCUT2D eigenvalue weighted by atomic mass is 19.4. The molecule has 1 aromatic carbocycles. The van der Waals surface area contributed by atoms with Crippen molar-refractivity contribution in [1.82, 2.24) is 0 Å². The molecule has 0 aromatic heterocycles. The highest BCUT2D eigenvalue weighted by molar-refractivity contribution is 5.40. The standard InChI is InChI=1S/C12H13F3O2/c1-7(16)9-6-10(9)8-4-2-3-5-11(8)17-12(13,14)15/h2-5,7,9-10,16H,6H2,1H3/t7-,9+,10-/m0/s1. The van der Waals surface area contributed by atoms with Gasteiger partial charge in [0.25, 0.3) is 0 Å². The average Bonchev–Trinajstić information content (AvgIpc) is 2.95. The van der Waals surface area contributed by atoms with Crippen molar-refractivity contribution in [3.05, 3.63) is 29.8 Å². The molecule has 1 aliphatic rings. The first-order chi connectivity index (χ1) is 7.88. The summed E-state index contributed by atoms with van der Waals surface area (Å²) in [7, 11) is 0. The van der Waals surface area contributed by atoms with Crippen LogP contribution in [0.4, 0.5) is 13.2 Å². The van der Waals surface area contributed by atoms with Crippen molar-refractivity contribution in [2.24, 2.45) is 5.92 Å². The molecule has 1 N–H and O–H groups in total. The fraction of sp³-hybridized carbons (Fsp3) is 0.500. The number of aliphatic hydroxyl groups is 1. The second-order valence-corrected chi connectivity index (χ2v) is 4.33. The zero-order chi connectivity index (χ0) is 12.6. The third-order valence-corrected chi connectivity index (χ3v) is 3.00. The maximum Gasteiger partial charge on any atom is 0.573 e. The fourth-order valence-corrected chi connectivity index (χ4v) is 2.11. The van der Waals surface area contributed by atoms with E-state index in [2.05, 4.69) is 4.74 Å². The van der Waals surface area contributed by atoms with Gasteiger partial charge in [-0.3, -0.25) is 0 Å². The molecule has 1 aromatic rings. The van der Waals surface area contributed by atoms with Crippen LogP contribution >= 0.6 is 0 Å². The second kappa shape index (κ2) is 4.22. The monoisotopic (exact) mass is 246 g/mol. The van der Waals surface area contributed by atoms with Gasteiger partial charge < -0.3 is 9.84 Å². The van der Waals surface area contributed by atoms with E-state index < -0.39 is 12.5 Å². The maximum absolute atomic E-state index is 12.2. The summed E-state index contributed by atoms with van der Waals surface area (Å²) >= 11 is 0. The van der Waals surface area contributed by atoms with Crippen molar-refractivity contribution in [1.29, 1.82) is 0 Å². The highest BCUT2D eigenvalue weighted by Gasteiger charge is 2.44. The van der Waals surface area contributed by atoms with Crippen LogP contribution in [0, 0.1) is 5.92 Å². The van der Waals surface area contributed by atoms with Gasteiger partial charge in [0.05, 0.1) is 6.10 Å². The Hall–Kier alpha value is -1.23. The lowest BCUT2D eigenvalue weighted by Gasteiger charge is -2.13. The van der Waals surface area contributed by atoms with Gasteiger partial charge in [-0.05, 0) is 36.8 Å². The van der Waals surface area contributed by atoms with Crippen molar-refractivity contribution in [3.63, 3.8) is 0 Å². The van der Waals surface area contributed by atoms with Gasteiger partial charge in [-0.1, -0.05) is 18.2 Å². The number of benzene rings is 1. The molecule has 0 bridgehead atoms. The van der Waals surface area contributed by atoms with Crippen molar-refractivity contribution in [2.45, 2.75) is 31.7 Å². The Labute approximate surface area is 97.0 Å². The molecular formula is C12H13F3O2. The molecule has 0 aliphatic heterocycles. The Kier molecular flexibility index (Phi) is 3.03. The van der Waals surface area contributed by atoms with Gasteiger partial charge in [0.2, 0.25) is 0 Å². The lowest BCUT2D eigenvalue weighted by atomic mass is 10.1. The van der Waals surface area contributed by atoms with Crippen LogP contribution in [0.25, 0.3) is 0 Å². The van der Waals surface area contributed by atoms with Crippen LogP contribution in [0.1, 0.15) is 24.8 Å². The van der Waals surface area contributed by atoms with Gasteiger partial charge in [0.15, 0.2) is 0 Å². The summed E-state index contributed by atoms with van der Waals surface area (Å²) in [4.78, 5) is 0. The Morgan fingerprint density at radius 3 is 2.53 bits per heavy atom. The maximum atomic E-state index is 12.2. The van der Waals surface area contributed by atoms with Gasteiger partial charge in [-0.25, -0.2) is 0 Å². The summed E-state index contributed by atoms with van der Waals surface area (Å²) in [6.45, 7) is 1.65. The Morgan fingerprint density at radius 1 is 1.35 bits per heavy atom. The topological polar surface area (TPSA) is 29.5 Å². The number of hydrogen-bond donors (Lipinski definition) is 1. The largest absolute Gasteiger partial charge is 0.573 e. The molecule has 0 amide bonds. The van der Waals surface area contributed by atoms with Crippen molar-refractivity contribution >= 4 is 0 Å². The molecule has 2 rings (SSSR count). The minimum atomic E-state index is -4.68. The fourth-order valence-electron chi connectivity index (χ4n) is 2.11. The molecule has 5 heteroatoms. The number of alkyl halides is 3. The quantitative estimate of drug-likeness (QED) is 0.888. The van der Waals surface area contributed by atoms with Gasteiger partial charge in [-0.2, -0.15) is 0 Å². The minimum absolute atomic E-state index is 0.0338. The van der Waals surface area contributed by atoms with E-state index in [1.807, 2.05) is 0 Å². The highest BCUT2D eigenvalue weighted by Crippen LogP contribution is 2.52. The van der Waals surface area contributed by atoms with Crippen LogP contribution in [0.3, 0.4) is 0 Å². The van der Waals surface area contributed by atoms with Crippen LogP contribution in [-0.4, -0.2) is 17.6 Å². The molecule has 1 saturated carbocycles. The van der Waals surface area contributed by atoms with Gasteiger partial charge in [0.1, 0.15) is 5.75 Å². The van der Waals surface area contributed by atoms with Crippen LogP contribution in [-0.2, 0) is 0 Å². The predicted molar refractivity (Wildman–Crippen MR) is 55.7 cm³/mol. The van der Waals surface area contributed by atoms with Gasteiger partial charge in [0, 0.05) is 0 Å². The Morgan fingerprint density at radius 2 is 2.00 bits per heavy atom. The molecule has 0 spiro atoms. The molecular weight excluding hydrogens is 233 g/mol. The van der Waals surface area contributed by atoms with Gasteiger partial charge >= 0.3 is 6.36 Å². The summed E-state index contributed by atoms with van der Waals surface area (Å²) in [6.07, 6.45) is -4.47. The molecule has 2 nitrogen and oxygen atoms in total. The summed E-state index contributed by atoms with van der Waals surface area (Å²) in [5.74, 6) is -0.158. The zero-order valence-electron chi connectivity index (χ0n) is 9.24. The molecule has 1 fully saturated rings. The first kappa shape index (κ1) is 12.2. The van der Waals surface area contributed by atoms with Crippen molar-refractivity contribution in [3.8, 4) is 5.75 Å². The van der Waals surface area contributed by atoms with Crippen molar-refractivity contribution in [2.75, 3.05) is 0 Å². The average molecular weight is 246 g/mol.